The molecule has 0 unspecified atom stereocenters. The van der Waals surface area contributed by atoms with Gasteiger partial charge in [-0.15, -0.1) is 0 Å². The zero-order valence-corrected chi connectivity index (χ0v) is 19.7. The lowest BCUT2D eigenvalue weighted by Crippen LogP contribution is -2.57. The van der Waals surface area contributed by atoms with Gasteiger partial charge in [-0.3, -0.25) is 4.79 Å². The molecular formula is C23H26F4N2O5S. The standard InChI is InChI=1S/C23H26F4N2O5S/c1-33-15-14-29-12-10-22(11-13-29,21(28)30)35(31,32)19-8-4-17(5-9-19)16-2-6-18(7-3-16)34-23(26,27)20(24)25/h2-9,20H,10-15H2,1H3,(H2,28,30). The molecule has 1 saturated heterocycles. The molecule has 2 aromatic rings. The number of rotatable bonds is 10. The highest BCUT2D eigenvalue weighted by Gasteiger charge is 2.51. The summed E-state index contributed by atoms with van der Waals surface area (Å²) in [5, 5.41) is 0. The maximum Gasteiger partial charge on any atom is 0.461 e. The third-order valence-electron chi connectivity index (χ3n) is 6.10. The van der Waals surface area contributed by atoms with Gasteiger partial charge in [-0.2, -0.15) is 17.6 Å². The largest absolute Gasteiger partial charge is 0.461 e. The number of piperidine rings is 1. The second kappa shape index (κ2) is 10.5. The number of nitrogens with zero attached hydrogens (tertiary/aromatic N) is 1. The van der Waals surface area contributed by atoms with Gasteiger partial charge in [-0.05, 0) is 48.2 Å². The number of halogens is 4. The number of hydrogen-bond donors (Lipinski definition) is 1. The molecule has 1 aliphatic rings. The van der Waals surface area contributed by atoms with Crippen LogP contribution in [0.4, 0.5) is 17.6 Å². The minimum absolute atomic E-state index is 0.0564. The average molecular weight is 519 g/mol. The van der Waals surface area contributed by atoms with Crippen molar-refractivity contribution in [2.75, 3.05) is 33.4 Å². The fourth-order valence-corrected chi connectivity index (χ4v) is 5.91. The van der Waals surface area contributed by atoms with Crippen LogP contribution in [0.5, 0.6) is 5.75 Å². The van der Waals surface area contributed by atoms with Crippen LogP contribution >= 0.6 is 0 Å². The van der Waals surface area contributed by atoms with Crippen molar-refractivity contribution in [1.82, 2.24) is 4.90 Å². The number of likely N-dealkylation sites (tertiary alicyclic amines) is 1. The van der Waals surface area contributed by atoms with E-state index >= 15 is 0 Å². The number of nitrogens with two attached hydrogens (primary N) is 1. The predicted octanol–water partition coefficient (Wildman–Crippen LogP) is 3.33. The zero-order chi connectivity index (χ0) is 25.9. The van der Waals surface area contributed by atoms with Crippen molar-refractivity contribution in [3.8, 4) is 16.9 Å². The first-order valence-corrected chi connectivity index (χ1v) is 12.2. The van der Waals surface area contributed by atoms with Gasteiger partial charge in [0.15, 0.2) is 14.6 Å². The molecule has 0 radical (unpaired) electrons. The molecule has 12 heteroatoms. The molecule has 1 heterocycles. The van der Waals surface area contributed by atoms with Gasteiger partial charge < -0.3 is 20.1 Å². The van der Waals surface area contributed by atoms with E-state index in [0.29, 0.717) is 37.4 Å². The van der Waals surface area contributed by atoms with E-state index in [1.54, 1.807) is 7.11 Å². The van der Waals surface area contributed by atoms with Crippen molar-refractivity contribution >= 4 is 15.7 Å². The minimum atomic E-state index is -4.62. The molecule has 0 saturated carbocycles. The minimum Gasteiger partial charge on any atom is -0.428 e. The van der Waals surface area contributed by atoms with Crippen LogP contribution in [0, 0.1) is 0 Å². The van der Waals surface area contributed by atoms with E-state index < -0.39 is 38.8 Å². The molecule has 7 nitrogen and oxygen atoms in total. The Labute approximate surface area is 200 Å². The number of carbonyl (C=O) groups is 1. The Balaban J connectivity index is 1.79. The highest BCUT2D eigenvalue weighted by molar-refractivity contribution is 7.93. The summed E-state index contributed by atoms with van der Waals surface area (Å²) in [5.74, 6) is -1.34. The van der Waals surface area contributed by atoms with E-state index in [1.165, 1.54) is 36.4 Å². The van der Waals surface area contributed by atoms with Crippen LogP contribution in [0.2, 0.25) is 0 Å². The summed E-state index contributed by atoms with van der Waals surface area (Å²) >= 11 is 0. The van der Waals surface area contributed by atoms with Crippen molar-refractivity contribution in [3.63, 3.8) is 0 Å². The maximum absolute atomic E-state index is 13.5. The summed E-state index contributed by atoms with van der Waals surface area (Å²) in [5.41, 5.74) is 6.65. The summed E-state index contributed by atoms with van der Waals surface area (Å²) in [6.07, 6.45) is -8.48. The fraction of sp³-hybridized carbons (Fsp3) is 0.435. The molecule has 1 aliphatic heterocycles. The second-order valence-electron chi connectivity index (χ2n) is 8.21. The SMILES string of the molecule is COCCN1CCC(C(N)=O)(S(=O)(=O)c2ccc(-c3ccc(OC(F)(F)C(F)F)cc3)cc2)CC1. The fourth-order valence-electron chi connectivity index (χ4n) is 3.98. The van der Waals surface area contributed by atoms with Crippen LogP contribution in [0.15, 0.2) is 53.4 Å². The van der Waals surface area contributed by atoms with Gasteiger partial charge in [0.2, 0.25) is 5.91 Å². The number of sulfone groups is 1. The molecule has 0 spiro atoms. The number of ether oxygens (including phenoxy) is 2. The molecule has 0 aliphatic carbocycles. The Hall–Kier alpha value is -2.70. The number of primary amides is 1. The molecule has 3 rings (SSSR count). The number of methoxy groups -OCH3 is 1. The third kappa shape index (κ3) is 5.60. The van der Waals surface area contributed by atoms with Crippen LogP contribution in [0.1, 0.15) is 12.8 Å². The van der Waals surface area contributed by atoms with Crippen LogP contribution in [-0.2, 0) is 19.4 Å². The maximum atomic E-state index is 13.5. The van der Waals surface area contributed by atoms with E-state index in [1.807, 2.05) is 4.90 Å². The molecule has 0 atom stereocenters. The summed E-state index contributed by atoms with van der Waals surface area (Å²) in [7, 11) is -2.54. The average Bonchev–Trinajstić information content (AvgIpc) is 2.83. The Morgan fingerprint density at radius 2 is 1.57 bits per heavy atom. The number of benzene rings is 2. The molecule has 0 bridgehead atoms. The lowest BCUT2D eigenvalue weighted by Gasteiger charge is -2.38. The van der Waals surface area contributed by atoms with Crippen LogP contribution in [-0.4, -0.2) is 69.9 Å². The monoisotopic (exact) mass is 518 g/mol. The van der Waals surface area contributed by atoms with Crippen LogP contribution in [0.25, 0.3) is 11.1 Å². The van der Waals surface area contributed by atoms with Gasteiger partial charge in [0.1, 0.15) is 5.75 Å². The molecule has 2 aromatic carbocycles. The number of amides is 1. The Bertz CT molecular complexity index is 1120. The summed E-state index contributed by atoms with van der Waals surface area (Å²) < 4.78 is 85.0. The molecule has 1 fully saturated rings. The third-order valence-corrected chi connectivity index (χ3v) is 8.63. The summed E-state index contributed by atoms with van der Waals surface area (Å²) in [4.78, 5) is 14.3. The van der Waals surface area contributed by atoms with Crippen molar-refractivity contribution in [3.05, 3.63) is 48.5 Å². The Morgan fingerprint density at radius 1 is 1.06 bits per heavy atom. The molecule has 35 heavy (non-hydrogen) atoms. The molecule has 0 aromatic heterocycles. The van der Waals surface area contributed by atoms with E-state index in [9.17, 15) is 30.8 Å². The first-order chi connectivity index (χ1) is 16.4. The summed E-state index contributed by atoms with van der Waals surface area (Å²) in [6.45, 7) is 1.86. The quantitative estimate of drug-likeness (QED) is 0.485. The number of alkyl halides is 4. The topological polar surface area (TPSA) is 98.9 Å². The van der Waals surface area contributed by atoms with Crippen LogP contribution in [0.3, 0.4) is 0 Å². The van der Waals surface area contributed by atoms with Gasteiger partial charge in [-0.1, -0.05) is 24.3 Å². The van der Waals surface area contributed by atoms with E-state index in [-0.39, 0.29) is 17.7 Å². The first-order valence-electron chi connectivity index (χ1n) is 10.7. The number of carbonyl (C=O) groups excluding carboxylic acids is 1. The van der Waals surface area contributed by atoms with Gasteiger partial charge in [0.25, 0.3) is 0 Å². The molecule has 2 N–H and O–H groups in total. The van der Waals surface area contributed by atoms with E-state index in [4.69, 9.17) is 10.5 Å². The highest BCUT2D eigenvalue weighted by atomic mass is 32.2. The molecule has 192 valence electrons. The van der Waals surface area contributed by atoms with Gasteiger partial charge >= 0.3 is 12.5 Å². The molecular weight excluding hydrogens is 492 g/mol. The van der Waals surface area contributed by atoms with Crippen molar-refractivity contribution in [1.29, 1.82) is 0 Å². The van der Waals surface area contributed by atoms with Crippen molar-refractivity contribution in [2.24, 2.45) is 5.73 Å². The normalized spacial score (nSPS) is 16.9. The van der Waals surface area contributed by atoms with E-state index in [0.717, 1.165) is 12.1 Å². The van der Waals surface area contributed by atoms with Crippen LogP contribution < -0.4 is 10.5 Å². The number of hydrogen-bond acceptors (Lipinski definition) is 6. The lowest BCUT2D eigenvalue weighted by atomic mass is 9.95. The summed E-state index contributed by atoms with van der Waals surface area (Å²) in [6, 6.07) is 10.7. The highest BCUT2D eigenvalue weighted by Crippen LogP contribution is 2.36. The van der Waals surface area contributed by atoms with Gasteiger partial charge in [0, 0.05) is 26.7 Å². The van der Waals surface area contributed by atoms with Crippen molar-refractivity contribution < 1.29 is 40.2 Å². The Kier molecular flexibility index (Phi) is 8.07. The second-order valence-corrected chi connectivity index (χ2v) is 10.5. The van der Waals surface area contributed by atoms with Gasteiger partial charge in [0.05, 0.1) is 11.5 Å². The van der Waals surface area contributed by atoms with Crippen molar-refractivity contribution in [2.45, 2.75) is 35.0 Å². The first kappa shape index (κ1) is 26.9. The zero-order valence-electron chi connectivity index (χ0n) is 18.9. The van der Waals surface area contributed by atoms with Gasteiger partial charge in [-0.25, -0.2) is 8.42 Å². The predicted molar refractivity (Wildman–Crippen MR) is 120 cm³/mol. The van der Waals surface area contributed by atoms with E-state index in [2.05, 4.69) is 4.74 Å². The lowest BCUT2D eigenvalue weighted by molar-refractivity contribution is -0.253. The Morgan fingerprint density at radius 3 is 2.03 bits per heavy atom. The smallest absolute Gasteiger partial charge is 0.428 e. The molecule has 1 amide bonds.